The number of ketones is 1. The topological polar surface area (TPSA) is 80.5 Å². The average Bonchev–Trinajstić information content (AvgIpc) is 3.56. The highest BCUT2D eigenvalue weighted by atomic mass is 32.1. The van der Waals surface area contributed by atoms with Crippen molar-refractivity contribution >= 4 is 28.9 Å². The molecule has 4 atom stereocenters. The molecule has 2 amide bonds. The summed E-state index contributed by atoms with van der Waals surface area (Å²) in [7, 11) is 0. The Morgan fingerprint density at radius 3 is 2.22 bits per heavy atom. The molecule has 0 radical (unpaired) electrons. The molecule has 1 saturated heterocycles. The third-order valence-corrected chi connectivity index (χ3v) is 7.78. The van der Waals surface area contributed by atoms with Gasteiger partial charge in [-0.3, -0.25) is 14.4 Å². The fraction of sp³-hybridized carbons (Fsp3) is 0.167. The Morgan fingerprint density at radius 1 is 0.865 bits per heavy atom. The number of halogens is 1. The van der Waals surface area contributed by atoms with Crippen LogP contribution in [0, 0.1) is 18.7 Å². The smallest absolute Gasteiger partial charge is 0.265 e. The van der Waals surface area contributed by atoms with Gasteiger partial charge in [0.15, 0.2) is 5.78 Å². The van der Waals surface area contributed by atoms with E-state index < -0.39 is 35.6 Å². The number of rotatable bonds is 6. The maximum Gasteiger partial charge on any atom is 0.265 e. The number of Topliss-reactive ketones (excluding diaryl/α,β-unsaturated/α-hetero) is 1. The summed E-state index contributed by atoms with van der Waals surface area (Å²) in [6.45, 7) is 1.90. The molecule has 1 aliphatic heterocycles. The summed E-state index contributed by atoms with van der Waals surface area (Å²) in [5, 5.41) is 1.78. The summed E-state index contributed by atoms with van der Waals surface area (Å²) in [6, 6.07) is 23.7. The monoisotopic (exact) mass is 512 g/mol. The van der Waals surface area contributed by atoms with Crippen LogP contribution in [0.5, 0.6) is 0 Å². The van der Waals surface area contributed by atoms with E-state index in [0.29, 0.717) is 21.6 Å². The number of hydrogen-bond acceptors (Lipinski definition) is 4. The van der Waals surface area contributed by atoms with E-state index in [0.717, 1.165) is 5.56 Å². The zero-order valence-electron chi connectivity index (χ0n) is 20.1. The number of carbonyl (C=O) groups excluding carboxylic acids is 3. The normalized spacial score (nSPS) is 21.1. The number of amides is 2. The molecule has 186 valence electrons. The molecule has 1 aliphatic rings. The van der Waals surface area contributed by atoms with Crippen LogP contribution in [-0.2, 0) is 4.79 Å². The highest BCUT2D eigenvalue weighted by Gasteiger charge is 2.57. The quantitative estimate of drug-likeness (QED) is 0.345. The second kappa shape index (κ2) is 10.1. The molecule has 5 nitrogen and oxygen atoms in total. The molecule has 2 N–H and O–H groups in total. The predicted octanol–water partition coefficient (Wildman–Crippen LogP) is 5.53. The average molecular weight is 513 g/mol. The summed E-state index contributed by atoms with van der Waals surface area (Å²) >= 11 is 1.26. The SMILES string of the molecule is Cc1cccc(C(=O)C2C(c3ccc(F)cc3)C(C(N)=O)N(C(=O)c3cccs3)C2c2ccccc2)c1. The van der Waals surface area contributed by atoms with E-state index in [1.807, 2.05) is 49.4 Å². The minimum absolute atomic E-state index is 0.209. The molecule has 0 bridgehead atoms. The number of hydrogen-bond donors (Lipinski definition) is 1. The fourth-order valence-corrected chi connectivity index (χ4v) is 6.06. The van der Waals surface area contributed by atoms with E-state index in [-0.39, 0.29) is 11.7 Å². The zero-order valence-corrected chi connectivity index (χ0v) is 20.9. The second-order valence-electron chi connectivity index (χ2n) is 9.23. The Kier molecular flexibility index (Phi) is 6.72. The molecule has 1 aromatic heterocycles. The van der Waals surface area contributed by atoms with Gasteiger partial charge in [-0.1, -0.05) is 72.3 Å². The Balaban J connectivity index is 1.77. The number of primary amides is 1. The number of nitrogens with two attached hydrogens (primary N) is 1. The van der Waals surface area contributed by atoms with Gasteiger partial charge in [-0.15, -0.1) is 11.3 Å². The van der Waals surface area contributed by atoms with Gasteiger partial charge in [0.25, 0.3) is 5.91 Å². The summed E-state index contributed by atoms with van der Waals surface area (Å²) in [4.78, 5) is 43.3. The van der Waals surface area contributed by atoms with Gasteiger partial charge in [0, 0.05) is 11.5 Å². The number of benzene rings is 3. The summed E-state index contributed by atoms with van der Waals surface area (Å²) < 4.78 is 13.9. The van der Waals surface area contributed by atoms with E-state index in [1.165, 1.54) is 28.4 Å². The van der Waals surface area contributed by atoms with Crippen molar-refractivity contribution in [2.75, 3.05) is 0 Å². The maximum atomic E-state index is 14.3. The first-order valence-electron chi connectivity index (χ1n) is 11.9. The van der Waals surface area contributed by atoms with Crippen molar-refractivity contribution in [1.29, 1.82) is 0 Å². The summed E-state index contributed by atoms with van der Waals surface area (Å²) in [6.07, 6.45) is 0. The standard InChI is InChI=1S/C30H25FN2O3S/c1-18-7-5-10-21(17-18)28(34)25-24(19-12-14-22(31)15-13-19)27(29(32)35)33(30(36)23-11-6-16-37-23)26(25)20-8-3-2-4-9-20/h2-17,24-27H,1H3,(H2,32,35). The van der Waals surface area contributed by atoms with Crippen molar-refractivity contribution in [3.63, 3.8) is 0 Å². The number of aryl methyl sites for hydroxylation is 1. The van der Waals surface area contributed by atoms with Crippen molar-refractivity contribution in [2.24, 2.45) is 11.7 Å². The first-order chi connectivity index (χ1) is 17.9. The molecule has 4 aromatic rings. The van der Waals surface area contributed by atoms with E-state index in [2.05, 4.69) is 0 Å². The molecule has 7 heteroatoms. The predicted molar refractivity (Wildman–Crippen MR) is 141 cm³/mol. The van der Waals surface area contributed by atoms with Crippen LogP contribution >= 0.6 is 11.3 Å². The van der Waals surface area contributed by atoms with E-state index in [9.17, 15) is 18.8 Å². The highest BCUT2D eigenvalue weighted by molar-refractivity contribution is 7.12. The van der Waals surface area contributed by atoms with Gasteiger partial charge in [-0.25, -0.2) is 4.39 Å². The van der Waals surface area contributed by atoms with Crippen LogP contribution in [0.3, 0.4) is 0 Å². The van der Waals surface area contributed by atoms with Crippen molar-refractivity contribution < 1.29 is 18.8 Å². The van der Waals surface area contributed by atoms with E-state index in [4.69, 9.17) is 5.73 Å². The summed E-state index contributed by atoms with van der Waals surface area (Å²) in [5.41, 5.74) is 8.66. The first-order valence-corrected chi connectivity index (χ1v) is 12.8. The molecule has 1 fully saturated rings. The second-order valence-corrected chi connectivity index (χ2v) is 10.2. The van der Waals surface area contributed by atoms with E-state index in [1.54, 1.807) is 41.8 Å². The van der Waals surface area contributed by atoms with Crippen LogP contribution in [0.2, 0.25) is 0 Å². The van der Waals surface area contributed by atoms with E-state index >= 15 is 0 Å². The van der Waals surface area contributed by atoms with Crippen LogP contribution in [0.15, 0.2) is 96.4 Å². The number of carbonyl (C=O) groups is 3. The van der Waals surface area contributed by atoms with Crippen LogP contribution in [-0.4, -0.2) is 28.5 Å². The molecular formula is C30H25FN2O3S. The molecule has 0 aliphatic carbocycles. The molecule has 3 aromatic carbocycles. The van der Waals surface area contributed by atoms with Crippen molar-refractivity contribution in [1.82, 2.24) is 4.90 Å². The van der Waals surface area contributed by atoms with Crippen LogP contribution in [0.1, 0.15) is 48.7 Å². The van der Waals surface area contributed by atoms with Gasteiger partial charge < -0.3 is 10.6 Å². The molecule has 2 heterocycles. The molecule has 0 saturated carbocycles. The highest BCUT2D eigenvalue weighted by Crippen LogP contribution is 2.51. The van der Waals surface area contributed by atoms with Gasteiger partial charge in [0.05, 0.1) is 16.8 Å². The molecule has 37 heavy (non-hydrogen) atoms. The van der Waals surface area contributed by atoms with Gasteiger partial charge in [-0.05, 0) is 47.7 Å². The minimum Gasteiger partial charge on any atom is -0.368 e. The lowest BCUT2D eigenvalue weighted by atomic mass is 9.76. The third kappa shape index (κ3) is 4.58. The van der Waals surface area contributed by atoms with Crippen LogP contribution in [0.25, 0.3) is 0 Å². The maximum absolute atomic E-state index is 14.3. The van der Waals surface area contributed by atoms with Crippen molar-refractivity contribution in [3.05, 3.63) is 129 Å². The number of nitrogens with zero attached hydrogens (tertiary/aromatic N) is 1. The molecule has 0 spiro atoms. The lowest BCUT2D eigenvalue weighted by molar-refractivity contribution is -0.122. The molecular weight excluding hydrogens is 487 g/mol. The van der Waals surface area contributed by atoms with Crippen LogP contribution < -0.4 is 5.73 Å². The Bertz CT molecular complexity index is 1440. The lowest BCUT2D eigenvalue weighted by Gasteiger charge is -2.30. The van der Waals surface area contributed by atoms with Gasteiger partial charge in [-0.2, -0.15) is 0 Å². The van der Waals surface area contributed by atoms with Gasteiger partial charge in [0.2, 0.25) is 5.91 Å². The van der Waals surface area contributed by atoms with Gasteiger partial charge in [0.1, 0.15) is 11.9 Å². The van der Waals surface area contributed by atoms with Crippen LogP contribution in [0.4, 0.5) is 4.39 Å². The zero-order chi connectivity index (χ0) is 26.1. The van der Waals surface area contributed by atoms with Crippen molar-refractivity contribution in [3.8, 4) is 0 Å². The Morgan fingerprint density at radius 2 is 1.59 bits per heavy atom. The number of thiophene rings is 1. The Hall–Kier alpha value is -4.10. The summed E-state index contributed by atoms with van der Waals surface area (Å²) in [5.74, 6) is -3.36. The van der Waals surface area contributed by atoms with Crippen molar-refractivity contribution in [2.45, 2.75) is 24.9 Å². The lowest BCUT2D eigenvalue weighted by Crippen LogP contribution is -2.46. The first kappa shape index (κ1) is 24.6. The Labute approximate surface area is 218 Å². The third-order valence-electron chi connectivity index (χ3n) is 6.93. The van der Waals surface area contributed by atoms with Gasteiger partial charge >= 0.3 is 0 Å². The number of likely N-dealkylation sites (tertiary alicyclic amines) is 1. The minimum atomic E-state index is -1.12. The molecule has 5 rings (SSSR count). The fourth-order valence-electron chi connectivity index (χ4n) is 5.40. The largest absolute Gasteiger partial charge is 0.368 e. The molecule has 4 unspecified atom stereocenters.